The van der Waals surface area contributed by atoms with Crippen molar-refractivity contribution in [3.05, 3.63) is 29.3 Å². The lowest BCUT2D eigenvalue weighted by molar-refractivity contribution is 0.225. The molecule has 1 atom stereocenters. The van der Waals surface area contributed by atoms with E-state index in [-0.39, 0.29) is 12.4 Å². The fraction of sp³-hybridized carbons (Fsp3) is 0.538. The van der Waals surface area contributed by atoms with Gasteiger partial charge in [-0.25, -0.2) is 9.97 Å². The molecule has 0 saturated carbocycles. The van der Waals surface area contributed by atoms with E-state index in [9.17, 15) is 0 Å². The molecule has 2 aromatic heterocycles. The average Bonchev–Trinajstić information content (AvgIpc) is 3.07. The fourth-order valence-corrected chi connectivity index (χ4v) is 3.44. The SMILES string of the molecule is Cc1nccn1CC1CCCN1Cc1cnc(N)s1.Cl. The molecule has 0 aromatic carbocycles. The first kappa shape index (κ1) is 15.3. The van der Waals surface area contributed by atoms with Gasteiger partial charge in [0.1, 0.15) is 5.82 Å². The maximum absolute atomic E-state index is 5.69. The third kappa shape index (κ3) is 3.31. The van der Waals surface area contributed by atoms with Crippen LogP contribution >= 0.6 is 23.7 Å². The minimum Gasteiger partial charge on any atom is -0.375 e. The van der Waals surface area contributed by atoms with E-state index in [1.807, 2.05) is 12.4 Å². The van der Waals surface area contributed by atoms with Crippen molar-refractivity contribution in [2.45, 2.75) is 38.9 Å². The Bertz CT molecular complexity index is 552. The first-order valence-electron chi connectivity index (χ1n) is 6.64. The van der Waals surface area contributed by atoms with E-state index in [0.717, 1.165) is 25.5 Å². The van der Waals surface area contributed by atoms with Crippen LogP contribution in [-0.4, -0.2) is 32.0 Å². The van der Waals surface area contributed by atoms with E-state index in [0.29, 0.717) is 11.2 Å². The number of nitrogens with zero attached hydrogens (tertiary/aromatic N) is 4. The molecule has 0 bridgehead atoms. The van der Waals surface area contributed by atoms with E-state index in [1.165, 1.54) is 17.7 Å². The number of rotatable bonds is 4. The van der Waals surface area contributed by atoms with Crippen LogP contribution in [-0.2, 0) is 13.1 Å². The van der Waals surface area contributed by atoms with Crippen molar-refractivity contribution in [1.82, 2.24) is 19.4 Å². The molecule has 0 spiro atoms. The summed E-state index contributed by atoms with van der Waals surface area (Å²) >= 11 is 1.59. The lowest BCUT2D eigenvalue weighted by Gasteiger charge is -2.24. The molecule has 20 heavy (non-hydrogen) atoms. The molecular weight excluding hydrogens is 294 g/mol. The Labute approximate surface area is 129 Å². The van der Waals surface area contributed by atoms with Crippen LogP contribution in [0.5, 0.6) is 0 Å². The van der Waals surface area contributed by atoms with Crippen molar-refractivity contribution in [2.75, 3.05) is 12.3 Å². The maximum Gasteiger partial charge on any atom is 0.180 e. The molecule has 0 amide bonds. The lowest BCUT2D eigenvalue weighted by Crippen LogP contribution is -2.32. The lowest BCUT2D eigenvalue weighted by atomic mass is 10.2. The molecule has 5 nitrogen and oxygen atoms in total. The number of thiazole rings is 1. The first-order valence-corrected chi connectivity index (χ1v) is 7.46. The van der Waals surface area contributed by atoms with E-state index < -0.39 is 0 Å². The predicted octanol–water partition coefficient (Wildman–Crippen LogP) is 2.32. The van der Waals surface area contributed by atoms with Crippen LogP contribution in [0.2, 0.25) is 0 Å². The minimum atomic E-state index is 0. The summed E-state index contributed by atoms with van der Waals surface area (Å²) < 4.78 is 2.24. The Morgan fingerprint density at radius 1 is 1.45 bits per heavy atom. The molecule has 1 aliphatic heterocycles. The molecule has 7 heteroatoms. The molecule has 0 radical (unpaired) electrons. The second-order valence-corrected chi connectivity index (χ2v) is 6.20. The molecule has 1 fully saturated rings. The van der Waals surface area contributed by atoms with Crippen LogP contribution in [0.1, 0.15) is 23.5 Å². The zero-order valence-corrected chi connectivity index (χ0v) is 13.2. The van der Waals surface area contributed by atoms with Gasteiger partial charge >= 0.3 is 0 Å². The Balaban J connectivity index is 0.00000147. The highest BCUT2D eigenvalue weighted by molar-refractivity contribution is 7.15. The summed E-state index contributed by atoms with van der Waals surface area (Å²) in [6, 6.07) is 0.594. The standard InChI is InChI=1S/C13H19N5S.ClH/c1-10-15-4-6-17(10)8-11-3-2-5-18(11)9-12-7-16-13(14)19-12;/h4,6-7,11H,2-3,5,8-9H2,1H3,(H2,14,16);1H. The number of anilines is 1. The highest BCUT2D eigenvalue weighted by atomic mass is 35.5. The molecule has 2 N–H and O–H groups in total. The molecule has 3 heterocycles. The number of nitrogens with two attached hydrogens (primary N) is 1. The van der Waals surface area contributed by atoms with Gasteiger partial charge in [0, 0.05) is 42.6 Å². The largest absolute Gasteiger partial charge is 0.375 e. The fourth-order valence-electron chi connectivity index (χ4n) is 2.73. The van der Waals surface area contributed by atoms with Crippen LogP contribution in [0.25, 0.3) is 0 Å². The van der Waals surface area contributed by atoms with Gasteiger partial charge in [-0.3, -0.25) is 4.90 Å². The quantitative estimate of drug-likeness (QED) is 0.941. The third-order valence-electron chi connectivity index (χ3n) is 3.76. The predicted molar refractivity (Wildman–Crippen MR) is 84.2 cm³/mol. The van der Waals surface area contributed by atoms with E-state index in [4.69, 9.17) is 5.73 Å². The van der Waals surface area contributed by atoms with Crippen molar-refractivity contribution in [3.63, 3.8) is 0 Å². The highest BCUT2D eigenvalue weighted by Gasteiger charge is 2.25. The average molecular weight is 314 g/mol. The molecule has 0 aliphatic carbocycles. The summed E-state index contributed by atoms with van der Waals surface area (Å²) in [5, 5.41) is 0.663. The molecule has 2 aromatic rings. The number of hydrogen-bond donors (Lipinski definition) is 1. The van der Waals surface area contributed by atoms with Crippen molar-refractivity contribution in [1.29, 1.82) is 0 Å². The van der Waals surface area contributed by atoms with E-state index >= 15 is 0 Å². The summed E-state index contributed by atoms with van der Waals surface area (Å²) in [5.74, 6) is 1.09. The van der Waals surface area contributed by atoms with E-state index in [1.54, 1.807) is 11.3 Å². The Morgan fingerprint density at radius 3 is 2.95 bits per heavy atom. The topological polar surface area (TPSA) is 60.0 Å². The number of nitrogen functional groups attached to an aromatic ring is 1. The number of hydrogen-bond acceptors (Lipinski definition) is 5. The molecule has 1 aliphatic rings. The van der Waals surface area contributed by atoms with Crippen LogP contribution in [0, 0.1) is 6.92 Å². The van der Waals surface area contributed by atoms with Crippen molar-refractivity contribution in [2.24, 2.45) is 0 Å². The zero-order valence-electron chi connectivity index (χ0n) is 11.5. The van der Waals surface area contributed by atoms with Crippen LogP contribution in [0.15, 0.2) is 18.6 Å². The third-order valence-corrected chi connectivity index (χ3v) is 4.57. The second-order valence-electron chi connectivity index (χ2n) is 5.06. The van der Waals surface area contributed by atoms with Crippen LogP contribution < -0.4 is 5.73 Å². The summed E-state index contributed by atoms with van der Waals surface area (Å²) in [6.07, 6.45) is 8.37. The molecular formula is C13H20ClN5S. The Morgan fingerprint density at radius 2 is 2.30 bits per heavy atom. The van der Waals surface area contributed by atoms with Crippen molar-refractivity contribution in [3.8, 4) is 0 Å². The number of likely N-dealkylation sites (tertiary alicyclic amines) is 1. The van der Waals surface area contributed by atoms with Gasteiger partial charge in [0.05, 0.1) is 0 Å². The Hall–Kier alpha value is -1.11. The summed E-state index contributed by atoms with van der Waals surface area (Å²) in [7, 11) is 0. The van der Waals surface area contributed by atoms with Gasteiger partial charge in [-0.15, -0.1) is 23.7 Å². The number of imidazole rings is 1. The minimum absolute atomic E-state index is 0. The Kier molecular flexibility index (Phi) is 5.01. The van der Waals surface area contributed by atoms with Crippen molar-refractivity contribution >= 4 is 28.9 Å². The van der Waals surface area contributed by atoms with Gasteiger partial charge < -0.3 is 10.3 Å². The highest BCUT2D eigenvalue weighted by Crippen LogP contribution is 2.24. The normalized spacial score (nSPS) is 19.1. The maximum atomic E-state index is 5.69. The van der Waals surface area contributed by atoms with Gasteiger partial charge in [0.2, 0.25) is 0 Å². The zero-order chi connectivity index (χ0) is 13.2. The monoisotopic (exact) mass is 313 g/mol. The van der Waals surface area contributed by atoms with Gasteiger partial charge in [0.15, 0.2) is 5.13 Å². The molecule has 110 valence electrons. The molecule has 3 rings (SSSR count). The smallest absolute Gasteiger partial charge is 0.180 e. The van der Waals surface area contributed by atoms with Gasteiger partial charge in [-0.1, -0.05) is 0 Å². The molecule has 1 unspecified atom stereocenters. The van der Waals surface area contributed by atoms with Gasteiger partial charge in [-0.05, 0) is 26.3 Å². The van der Waals surface area contributed by atoms with Crippen LogP contribution in [0.4, 0.5) is 5.13 Å². The van der Waals surface area contributed by atoms with Gasteiger partial charge in [-0.2, -0.15) is 0 Å². The summed E-state index contributed by atoms with van der Waals surface area (Å²) in [5.41, 5.74) is 5.69. The first-order chi connectivity index (χ1) is 9.22. The second kappa shape index (κ2) is 6.56. The summed E-state index contributed by atoms with van der Waals surface area (Å²) in [4.78, 5) is 12.2. The molecule has 1 saturated heterocycles. The number of aryl methyl sites for hydroxylation is 1. The number of aromatic nitrogens is 3. The van der Waals surface area contributed by atoms with Crippen molar-refractivity contribution < 1.29 is 0 Å². The number of halogens is 1. The van der Waals surface area contributed by atoms with E-state index in [2.05, 4.69) is 32.6 Å². The summed E-state index contributed by atoms with van der Waals surface area (Å²) in [6.45, 7) is 5.22. The van der Waals surface area contributed by atoms with Crippen LogP contribution in [0.3, 0.4) is 0 Å². The van der Waals surface area contributed by atoms with Gasteiger partial charge in [0.25, 0.3) is 0 Å².